The highest BCUT2D eigenvalue weighted by Gasteiger charge is 2.32. The van der Waals surface area contributed by atoms with E-state index in [1.807, 2.05) is 11.0 Å². The number of carbonyl (C=O) groups is 1. The summed E-state index contributed by atoms with van der Waals surface area (Å²) in [5, 5.41) is 0. The third-order valence-corrected chi connectivity index (χ3v) is 3.16. The van der Waals surface area contributed by atoms with Crippen LogP contribution in [-0.2, 0) is 0 Å². The molecule has 1 aromatic heterocycles. The molecule has 0 saturated heterocycles. The van der Waals surface area contributed by atoms with Crippen molar-refractivity contribution < 1.29 is 4.79 Å². The number of pyridine rings is 1. The van der Waals surface area contributed by atoms with E-state index < -0.39 is 0 Å². The second-order valence-electron chi connectivity index (χ2n) is 3.78. The predicted octanol–water partition coefficient (Wildman–Crippen LogP) is 2.69. The Labute approximate surface area is 108 Å². The average molecular weight is 304 g/mol. The summed E-state index contributed by atoms with van der Waals surface area (Å²) in [5.41, 5.74) is 0.486. The quantitative estimate of drug-likeness (QED) is 0.801. The maximum absolute atomic E-state index is 12.1. The topological polar surface area (TPSA) is 33.2 Å². The minimum Gasteiger partial charge on any atom is -0.333 e. The van der Waals surface area contributed by atoms with Gasteiger partial charge in [-0.3, -0.25) is 4.79 Å². The predicted molar refractivity (Wildman–Crippen MR) is 66.7 cm³/mol. The van der Waals surface area contributed by atoms with Crippen LogP contribution in [0.3, 0.4) is 0 Å². The summed E-state index contributed by atoms with van der Waals surface area (Å²) in [6.07, 6.45) is 3.80. The summed E-state index contributed by atoms with van der Waals surface area (Å²) in [4.78, 5) is 18.1. The third-order valence-electron chi connectivity index (χ3n) is 2.52. The van der Waals surface area contributed by atoms with Gasteiger partial charge >= 0.3 is 0 Å². The molecule has 0 bridgehead atoms. The summed E-state index contributed by atoms with van der Waals surface area (Å²) < 4.78 is 0.874. The number of alkyl halides is 1. The molecule has 0 aromatic carbocycles. The van der Waals surface area contributed by atoms with E-state index in [2.05, 4.69) is 20.9 Å². The Bertz CT molecular complexity index is 378. The van der Waals surface area contributed by atoms with Crippen LogP contribution in [0.4, 0.5) is 0 Å². The van der Waals surface area contributed by atoms with E-state index in [9.17, 15) is 4.79 Å². The molecule has 1 heterocycles. The lowest BCUT2D eigenvalue weighted by Gasteiger charge is -2.20. The molecule has 0 atom stereocenters. The van der Waals surface area contributed by atoms with Crippen LogP contribution in [0.15, 0.2) is 22.8 Å². The molecule has 1 fully saturated rings. The van der Waals surface area contributed by atoms with E-state index in [1.165, 1.54) is 0 Å². The van der Waals surface area contributed by atoms with Crippen LogP contribution in [0.1, 0.15) is 23.3 Å². The average Bonchev–Trinajstić information content (AvgIpc) is 3.10. The van der Waals surface area contributed by atoms with Gasteiger partial charge in [-0.25, -0.2) is 4.98 Å². The van der Waals surface area contributed by atoms with Crippen molar-refractivity contribution in [3.05, 3.63) is 28.5 Å². The number of halogens is 2. The van der Waals surface area contributed by atoms with Crippen molar-refractivity contribution in [1.82, 2.24) is 9.88 Å². The molecule has 16 heavy (non-hydrogen) atoms. The first kappa shape index (κ1) is 11.9. The van der Waals surface area contributed by atoms with E-state index >= 15 is 0 Å². The zero-order valence-corrected chi connectivity index (χ0v) is 11.0. The molecule has 0 radical (unpaired) electrons. The summed E-state index contributed by atoms with van der Waals surface area (Å²) in [6.45, 7) is 0.600. The molecule has 0 unspecified atom stereocenters. The van der Waals surface area contributed by atoms with Gasteiger partial charge in [0, 0.05) is 29.1 Å². The van der Waals surface area contributed by atoms with Gasteiger partial charge in [0.1, 0.15) is 5.69 Å². The lowest BCUT2D eigenvalue weighted by molar-refractivity contribution is 0.0748. The molecule has 0 spiro atoms. The smallest absolute Gasteiger partial charge is 0.272 e. The van der Waals surface area contributed by atoms with E-state index in [-0.39, 0.29) is 5.91 Å². The molecule has 3 nitrogen and oxygen atoms in total. The van der Waals surface area contributed by atoms with Gasteiger partial charge in [0.25, 0.3) is 5.91 Å². The van der Waals surface area contributed by atoms with Crippen LogP contribution in [0.5, 0.6) is 0 Å². The first-order valence-corrected chi connectivity index (χ1v) is 6.53. The summed E-state index contributed by atoms with van der Waals surface area (Å²) in [7, 11) is 0. The van der Waals surface area contributed by atoms with E-state index in [4.69, 9.17) is 11.6 Å². The third kappa shape index (κ3) is 2.74. The zero-order valence-electron chi connectivity index (χ0n) is 8.70. The van der Waals surface area contributed by atoms with Gasteiger partial charge in [0.05, 0.1) is 0 Å². The first-order chi connectivity index (χ1) is 7.72. The lowest BCUT2D eigenvalue weighted by Crippen LogP contribution is -2.35. The van der Waals surface area contributed by atoms with Crippen molar-refractivity contribution in [1.29, 1.82) is 0 Å². The molecule has 5 heteroatoms. The number of hydrogen-bond acceptors (Lipinski definition) is 2. The number of nitrogens with zero attached hydrogens (tertiary/aromatic N) is 2. The van der Waals surface area contributed by atoms with Crippen molar-refractivity contribution in [2.75, 3.05) is 12.4 Å². The normalized spacial score (nSPS) is 14.9. The standard InChI is InChI=1S/C11H12BrClN2O/c12-8-1-4-10(14-7-8)11(16)15(6-5-13)9-2-3-9/h1,4,7,9H,2-3,5-6H2. The van der Waals surface area contributed by atoms with Crippen molar-refractivity contribution in [3.8, 4) is 0 Å². The Morgan fingerprint density at radius 2 is 2.31 bits per heavy atom. The van der Waals surface area contributed by atoms with Gasteiger partial charge in [0.15, 0.2) is 0 Å². The van der Waals surface area contributed by atoms with Crippen molar-refractivity contribution >= 4 is 33.4 Å². The van der Waals surface area contributed by atoms with Gasteiger partial charge in [-0.15, -0.1) is 11.6 Å². The summed E-state index contributed by atoms with van der Waals surface area (Å²) in [5.74, 6) is 0.453. The molecule has 1 amide bonds. The van der Waals surface area contributed by atoms with Crippen LogP contribution >= 0.6 is 27.5 Å². The van der Waals surface area contributed by atoms with E-state index in [1.54, 1.807) is 12.3 Å². The second kappa shape index (κ2) is 5.15. The molecule has 0 N–H and O–H groups in total. The largest absolute Gasteiger partial charge is 0.333 e. The number of aromatic nitrogens is 1. The number of rotatable bonds is 4. The molecule has 1 aliphatic carbocycles. The van der Waals surface area contributed by atoms with Crippen LogP contribution in [-0.4, -0.2) is 34.3 Å². The van der Waals surface area contributed by atoms with Crippen molar-refractivity contribution in [3.63, 3.8) is 0 Å². The Kier molecular flexibility index (Phi) is 3.82. The molecule has 1 aliphatic rings. The van der Waals surface area contributed by atoms with Gasteiger partial charge < -0.3 is 4.90 Å². The molecular formula is C11H12BrClN2O. The summed E-state index contributed by atoms with van der Waals surface area (Å²) in [6, 6.07) is 3.93. The molecule has 86 valence electrons. The molecular weight excluding hydrogens is 291 g/mol. The van der Waals surface area contributed by atoms with Crippen LogP contribution in [0, 0.1) is 0 Å². The number of hydrogen-bond donors (Lipinski definition) is 0. The molecule has 0 aliphatic heterocycles. The van der Waals surface area contributed by atoms with E-state index in [0.29, 0.717) is 24.2 Å². The highest BCUT2D eigenvalue weighted by molar-refractivity contribution is 9.10. The van der Waals surface area contributed by atoms with Crippen molar-refractivity contribution in [2.24, 2.45) is 0 Å². The van der Waals surface area contributed by atoms with Gasteiger partial charge in [-0.1, -0.05) is 0 Å². The van der Waals surface area contributed by atoms with Crippen LogP contribution < -0.4 is 0 Å². The highest BCUT2D eigenvalue weighted by atomic mass is 79.9. The SMILES string of the molecule is O=C(c1ccc(Br)cn1)N(CCCl)C1CC1. The number of carbonyl (C=O) groups excluding carboxylic acids is 1. The lowest BCUT2D eigenvalue weighted by atomic mass is 10.3. The van der Waals surface area contributed by atoms with Crippen LogP contribution in [0.2, 0.25) is 0 Å². The van der Waals surface area contributed by atoms with E-state index in [0.717, 1.165) is 17.3 Å². The highest BCUT2D eigenvalue weighted by Crippen LogP contribution is 2.27. The van der Waals surface area contributed by atoms with Gasteiger partial charge in [-0.2, -0.15) is 0 Å². The Morgan fingerprint density at radius 3 is 2.81 bits per heavy atom. The Morgan fingerprint density at radius 1 is 1.56 bits per heavy atom. The second-order valence-corrected chi connectivity index (χ2v) is 5.07. The Balaban J connectivity index is 2.12. The zero-order chi connectivity index (χ0) is 11.5. The van der Waals surface area contributed by atoms with Crippen molar-refractivity contribution in [2.45, 2.75) is 18.9 Å². The minimum atomic E-state index is -0.0179. The minimum absolute atomic E-state index is 0.0179. The fourth-order valence-electron chi connectivity index (χ4n) is 1.58. The summed E-state index contributed by atoms with van der Waals surface area (Å²) >= 11 is 9.00. The molecule has 1 aromatic rings. The maximum Gasteiger partial charge on any atom is 0.272 e. The number of amides is 1. The Hall–Kier alpha value is -0.610. The first-order valence-electron chi connectivity index (χ1n) is 5.21. The van der Waals surface area contributed by atoms with Gasteiger partial charge in [-0.05, 0) is 40.9 Å². The van der Waals surface area contributed by atoms with Gasteiger partial charge in [0.2, 0.25) is 0 Å². The molecule has 1 saturated carbocycles. The monoisotopic (exact) mass is 302 g/mol. The van der Waals surface area contributed by atoms with Crippen LogP contribution in [0.25, 0.3) is 0 Å². The molecule has 2 rings (SSSR count). The fourth-order valence-corrected chi connectivity index (χ4v) is 1.99. The fraction of sp³-hybridized carbons (Fsp3) is 0.455. The maximum atomic E-state index is 12.1.